The van der Waals surface area contributed by atoms with E-state index in [1.807, 2.05) is 0 Å². The summed E-state index contributed by atoms with van der Waals surface area (Å²) in [6, 6.07) is 11.5. The maximum Gasteiger partial charge on any atom is 0.419 e. The van der Waals surface area contributed by atoms with Gasteiger partial charge in [-0.1, -0.05) is 18.2 Å². The minimum atomic E-state index is -4.52. The van der Waals surface area contributed by atoms with Crippen molar-refractivity contribution >= 4 is 17.1 Å². The Kier molecular flexibility index (Phi) is 5.95. The van der Waals surface area contributed by atoms with Gasteiger partial charge in [-0.05, 0) is 36.8 Å². The fourth-order valence-electron chi connectivity index (χ4n) is 3.29. The number of hydrogen-bond acceptors (Lipinski definition) is 6. The van der Waals surface area contributed by atoms with Crippen molar-refractivity contribution in [3.8, 4) is 11.4 Å². The van der Waals surface area contributed by atoms with Crippen molar-refractivity contribution in [3.63, 3.8) is 0 Å². The molecule has 2 aromatic carbocycles. The van der Waals surface area contributed by atoms with E-state index in [-0.39, 0.29) is 30.3 Å². The second-order valence-electron chi connectivity index (χ2n) is 7.02. The number of carbonyl (C=O) groups excluding carboxylic acids is 1. The van der Waals surface area contributed by atoms with E-state index in [9.17, 15) is 22.8 Å². The predicted octanol–water partition coefficient (Wildman–Crippen LogP) is 4.05. The van der Waals surface area contributed by atoms with Crippen molar-refractivity contribution in [2.75, 3.05) is 13.7 Å². The summed E-state index contributed by atoms with van der Waals surface area (Å²) in [7, 11) is 1.31. The maximum absolute atomic E-state index is 13.0. The molecule has 0 aliphatic rings. The lowest BCUT2D eigenvalue weighted by Crippen LogP contribution is -2.16. The third kappa shape index (κ3) is 4.61. The number of rotatable bonds is 7. The fourth-order valence-corrected chi connectivity index (χ4v) is 3.29. The van der Waals surface area contributed by atoms with Crippen molar-refractivity contribution in [1.29, 1.82) is 0 Å². The van der Waals surface area contributed by atoms with Crippen LogP contribution >= 0.6 is 0 Å². The third-order valence-corrected chi connectivity index (χ3v) is 4.86. The molecular weight excluding hydrogens is 443 g/mol. The van der Waals surface area contributed by atoms with Crippen molar-refractivity contribution < 1.29 is 31.9 Å². The molecule has 0 atom stereocenters. The van der Waals surface area contributed by atoms with Crippen molar-refractivity contribution in [3.05, 3.63) is 76.5 Å². The number of fused-ring (bicyclic) bond motifs is 1. The van der Waals surface area contributed by atoms with Gasteiger partial charge < -0.3 is 13.9 Å². The highest BCUT2D eigenvalue weighted by molar-refractivity contribution is 5.90. The summed E-state index contributed by atoms with van der Waals surface area (Å²) in [4.78, 5) is 24.5. The van der Waals surface area contributed by atoms with Crippen LogP contribution in [-0.4, -0.2) is 34.0 Å². The van der Waals surface area contributed by atoms with Crippen LogP contribution in [0.1, 0.15) is 22.5 Å². The standard InChI is InChI=1S/C22H18F3N3O5/c1-31-18-13-28(15-7-4-6-14(12-15)22(23,24)25)26-19(18)20(29)32-11-5-10-27-16-8-2-3-9-17(16)33-21(27)30/h2-4,6-9,12-13H,5,10-11H2,1H3. The van der Waals surface area contributed by atoms with Gasteiger partial charge in [0.05, 0.1) is 36.7 Å². The molecule has 33 heavy (non-hydrogen) atoms. The highest BCUT2D eigenvalue weighted by Crippen LogP contribution is 2.31. The molecule has 0 amide bonds. The molecule has 11 heteroatoms. The summed E-state index contributed by atoms with van der Waals surface area (Å²) in [6.07, 6.45) is -2.90. The minimum Gasteiger partial charge on any atom is -0.493 e. The SMILES string of the molecule is COc1cn(-c2cccc(C(F)(F)F)c2)nc1C(=O)OCCCn1c(=O)oc2ccccc21. The molecular formula is C22H18F3N3O5. The van der Waals surface area contributed by atoms with Gasteiger partial charge in [-0.2, -0.15) is 18.3 Å². The molecule has 8 nitrogen and oxygen atoms in total. The molecule has 0 N–H and O–H groups in total. The fraction of sp³-hybridized carbons (Fsp3) is 0.227. The Morgan fingerprint density at radius 2 is 1.94 bits per heavy atom. The number of aromatic nitrogens is 3. The molecule has 0 unspecified atom stereocenters. The molecule has 0 fully saturated rings. The Balaban J connectivity index is 1.44. The van der Waals surface area contributed by atoms with E-state index in [1.54, 1.807) is 24.3 Å². The molecule has 0 radical (unpaired) electrons. The van der Waals surface area contributed by atoms with Crippen LogP contribution in [0.2, 0.25) is 0 Å². The van der Waals surface area contributed by atoms with Crippen molar-refractivity contribution in [2.45, 2.75) is 19.1 Å². The Morgan fingerprint density at radius 3 is 2.70 bits per heavy atom. The van der Waals surface area contributed by atoms with Crippen LogP contribution in [-0.2, 0) is 17.5 Å². The number of halogens is 3. The van der Waals surface area contributed by atoms with Crippen LogP contribution < -0.4 is 10.5 Å². The average Bonchev–Trinajstić information content (AvgIpc) is 3.37. The molecule has 0 spiro atoms. The molecule has 0 saturated carbocycles. The van der Waals surface area contributed by atoms with Crippen LogP contribution in [0.25, 0.3) is 16.8 Å². The van der Waals surface area contributed by atoms with E-state index in [4.69, 9.17) is 13.9 Å². The second-order valence-corrected chi connectivity index (χ2v) is 7.02. The molecule has 2 heterocycles. The summed E-state index contributed by atoms with van der Waals surface area (Å²) < 4.78 is 57.0. The van der Waals surface area contributed by atoms with E-state index in [1.165, 1.54) is 30.0 Å². The first kappa shape index (κ1) is 22.2. The minimum absolute atomic E-state index is 0.0235. The van der Waals surface area contributed by atoms with Gasteiger partial charge in [-0.25, -0.2) is 14.3 Å². The van der Waals surface area contributed by atoms with Gasteiger partial charge in [0.1, 0.15) is 0 Å². The summed E-state index contributed by atoms with van der Waals surface area (Å²) >= 11 is 0. The molecule has 172 valence electrons. The molecule has 0 aliphatic carbocycles. The molecule has 0 bridgehead atoms. The zero-order valence-corrected chi connectivity index (χ0v) is 17.3. The normalized spacial score (nSPS) is 11.6. The first-order chi connectivity index (χ1) is 15.8. The lowest BCUT2D eigenvalue weighted by atomic mass is 10.2. The Morgan fingerprint density at radius 1 is 1.15 bits per heavy atom. The highest BCUT2D eigenvalue weighted by atomic mass is 19.4. The number of carbonyl (C=O) groups is 1. The largest absolute Gasteiger partial charge is 0.493 e. The molecule has 4 aromatic rings. The van der Waals surface area contributed by atoms with Gasteiger partial charge in [0.15, 0.2) is 11.3 Å². The van der Waals surface area contributed by atoms with E-state index in [2.05, 4.69) is 5.10 Å². The quantitative estimate of drug-likeness (QED) is 0.305. The Bertz CT molecular complexity index is 1350. The number of esters is 1. The number of benzene rings is 2. The summed E-state index contributed by atoms with van der Waals surface area (Å²) in [6.45, 7) is 0.239. The van der Waals surface area contributed by atoms with Gasteiger partial charge in [0.25, 0.3) is 0 Å². The molecule has 4 rings (SSSR count). The second kappa shape index (κ2) is 8.85. The number of methoxy groups -OCH3 is 1. The van der Waals surface area contributed by atoms with E-state index < -0.39 is 23.5 Å². The van der Waals surface area contributed by atoms with Crippen LogP contribution in [0.15, 0.2) is 63.9 Å². The third-order valence-electron chi connectivity index (χ3n) is 4.86. The molecule has 0 aliphatic heterocycles. The van der Waals surface area contributed by atoms with Crippen molar-refractivity contribution in [1.82, 2.24) is 14.3 Å². The van der Waals surface area contributed by atoms with Crippen LogP contribution in [0.5, 0.6) is 5.75 Å². The highest BCUT2D eigenvalue weighted by Gasteiger charge is 2.31. The van der Waals surface area contributed by atoms with Gasteiger partial charge >= 0.3 is 17.9 Å². The smallest absolute Gasteiger partial charge is 0.419 e. The first-order valence-electron chi connectivity index (χ1n) is 9.84. The summed E-state index contributed by atoms with van der Waals surface area (Å²) in [5, 5.41) is 4.04. The Labute approximate surface area is 184 Å². The maximum atomic E-state index is 13.0. The van der Waals surface area contributed by atoms with Gasteiger partial charge in [0, 0.05) is 6.54 Å². The van der Waals surface area contributed by atoms with Crippen molar-refractivity contribution in [2.24, 2.45) is 0 Å². The summed E-state index contributed by atoms with van der Waals surface area (Å²) in [5.74, 6) is -1.26. The Hall–Kier alpha value is -4.02. The number of hydrogen-bond donors (Lipinski definition) is 0. The number of nitrogens with zero attached hydrogens (tertiary/aromatic N) is 3. The number of para-hydroxylation sites is 2. The molecule has 0 saturated heterocycles. The lowest BCUT2D eigenvalue weighted by molar-refractivity contribution is -0.137. The zero-order chi connectivity index (χ0) is 23.6. The monoisotopic (exact) mass is 461 g/mol. The lowest BCUT2D eigenvalue weighted by Gasteiger charge is -2.08. The van der Waals surface area contributed by atoms with E-state index in [0.717, 1.165) is 16.8 Å². The van der Waals surface area contributed by atoms with Gasteiger partial charge in [-0.3, -0.25) is 4.57 Å². The number of aryl methyl sites for hydroxylation is 1. The van der Waals surface area contributed by atoms with E-state index >= 15 is 0 Å². The van der Waals surface area contributed by atoms with Crippen LogP contribution in [0.3, 0.4) is 0 Å². The summed E-state index contributed by atoms with van der Waals surface area (Å²) in [5.41, 5.74) is 0.175. The van der Waals surface area contributed by atoms with E-state index in [0.29, 0.717) is 17.5 Å². The first-order valence-corrected chi connectivity index (χ1v) is 9.84. The topological polar surface area (TPSA) is 88.5 Å². The predicted molar refractivity (Wildman–Crippen MR) is 110 cm³/mol. The number of ether oxygens (including phenoxy) is 2. The number of oxazole rings is 1. The average molecular weight is 461 g/mol. The zero-order valence-electron chi connectivity index (χ0n) is 17.3. The van der Waals surface area contributed by atoms with Gasteiger partial charge in [0.2, 0.25) is 5.69 Å². The van der Waals surface area contributed by atoms with Gasteiger partial charge in [-0.15, -0.1) is 0 Å². The van der Waals surface area contributed by atoms with Crippen LogP contribution in [0.4, 0.5) is 13.2 Å². The van der Waals surface area contributed by atoms with Crippen LogP contribution in [0, 0.1) is 0 Å². The molecule has 2 aromatic heterocycles. The number of alkyl halides is 3.